The van der Waals surface area contributed by atoms with Crippen LogP contribution in [0.1, 0.15) is 42.0 Å². The molecule has 0 radical (unpaired) electrons. The summed E-state index contributed by atoms with van der Waals surface area (Å²) in [5.74, 6) is -0.434. The Bertz CT molecular complexity index is 723. The van der Waals surface area contributed by atoms with Crippen LogP contribution in [0.5, 0.6) is 0 Å². The van der Waals surface area contributed by atoms with Gasteiger partial charge in [0.05, 0.1) is 12.0 Å². The van der Waals surface area contributed by atoms with E-state index in [2.05, 4.69) is 67.7 Å². The fourth-order valence-corrected chi connectivity index (χ4v) is 3.84. The maximum absolute atomic E-state index is 11.4. The Labute approximate surface area is 143 Å². The molecular formula is C21H25NO2. The lowest BCUT2D eigenvalue weighted by Crippen LogP contribution is -2.43. The minimum atomic E-state index is -0.750. The first-order chi connectivity index (χ1) is 11.5. The number of hydrogen-bond donors (Lipinski definition) is 2. The van der Waals surface area contributed by atoms with Crippen LogP contribution in [0, 0.1) is 12.8 Å². The quantitative estimate of drug-likeness (QED) is 0.878. The van der Waals surface area contributed by atoms with Crippen molar-refractivity contribution in [3.63, 3.8) is 0 Å². The zero-order chi connectivity index (χ0) is 17.2. The van der Waals surface area contributed by atoms with Crippen LogP contribution in [0.15, 0.2) is 48.5 Å². The number of aryl methyl sites for hydroxylation is 1. The highest BCUT2D eigenvalue weighted by atomic mass is 16.4. The third kappa shape index (κ3) is 3.22. The van der Waals surface area contributed by atoms with Crippen molar-refractivity contribution in [2.24, 2.45) is 5.92 Å². The Morgan fingerprint density at radius 2 is 1.92 bits per heavy atom. The average Bonchev–Trinajstić information content (AvgIpc) is 2.91. The van der Waals surface area contributed by atoms with E-state index in [4.69, 9.17) is 0 Å². The predicted molar refractivity (Wildman–Crippen MR) is 96.1 cm³/mol. The maximum atomic E-state index is 11.4. The molecule has 1 aliphatic heterocycles. The van der Waals surface area contributed by atoms with Crippen molar-refractivity contribution in [3.8, 4) is 0 Å². The average molecular weight is 323 g/mol. The smallest absolute Gasteiger partial charge is 0.305 e. The fourth-order valence-electron chi connectivity index (χ4n) is 3.84. The number of carboxylic acid groups (broad SMARTS) is 1. The summed E-state index contributed by atoms with van der Waals surface area (Å²) in [6.07, 6.45) is 2.05. The third-order valence-corrected chi connectivity index (χ3v) is 5.41. The van der Waals surface area contributed by atoms with Crippen molar-refractivity contribution in [3.05, 3.63) is 70.8 Å². The van der Waals surface area contributed by atoms with Crippen LogP contribution in [0.4, 0.5) is 0 Å². The van der Waals surface area contributed by atoms with E-state index in [0.29, 0.717) is 5.92 Å². The topological polar surface area (TPSA) is 49.3 Å². The first kappa shape index (κ1) is 16.7. The van der Waals surface area contributed by atoms with Gasteiger partial charge < -0.3 is 10.4 Å². The summed E-state index contributed by atoms with van der Waals surface area (Å²) < 4.78 is 0. The van der Waals surface area contributed by atoms with E-state index in [1.807, 2.05) is 0 Å². The highest BCUT2D eigenvalue weighted by molar-refractivity contribution is 5.69. The Morgan fingerprint density at radius 1 is 1.21 bits per heavy atom. The summed E-state index contributed by atoms with van der Waals surface area (Å²) in [5, 5.41) is 12.8. The molecular weight excluding hydrogens is 298 g/mol. The first-order valence-electron chi connectivity index (χ1n) is 8.62. The molecule has 3 nitrogen and oxygen atoms in total. The van der Waals surface area contributed by atoms with Gasteiger partial charge in [-0.2, -0.15) is 0 Å². The van der Waals surface area contributed by atoms with Gasteiger partial charge in [-0.05, 0) is 54.5 Å². The van der Waals surface area contributed by atoms with Crippen molar-refractivity contribution in [1.29, 1.82) is 0 Å². The molecule has 0 aromatic heterocycles. The molecule has 0 aliphatic carbocycles. The molecule has 24 heavy (non-hydrogen) atoms. The lowest BCUT2D eigenvalue weighted by Gasteiger charge is -2.33. The number of rotatable bonds is 5. The minimum absolute atomic E-state index is 0.130. The molecule has 0 amide bonds. The molecule has 0 bridgehead atoms. The molecule has 3 rings (SSSR count). The Kier molecular flexibility index (Phi) is 4.72. The maximum Gasteiger partial charge on any atom is 0.305 e. The Hall–Kier alpha value is -2.13. The summed E-state index contributed by atoms with van der Waals surface area (Å²) in [6.45, 7) is 5.15. The van der Waals surface area contributed by atoms with Crippen LogP contribution in [0.25, 0.3) is 0 Å². The van der Waals surface area contributed by atoms with Gasteiger partial charge in [0.15, 0.2) is 0 Å². The van der Waals surface area contributed by atoms with E-state index in [9.17, 15) is 9.90 Å². The van der Waals surface area contributed by atoms with Crippen molar-refractivity contribution in [2.45, 2.75) is 38.6 Å². The van der Waals surface area contributed by atoms with Gasteiger partial charge in [0.1, 0.15) is 0 Å². The SMILES string of the molecule is Cc1ccccc1Cc1ccc([C@]2(CC(=O)O)NCC[C@@H]2C)cc1. The number of hydrogen-bond acceptors (Lipinski definition) is 2. The van der Waals surface area contributed by atoms with Crippen LogP contribution in [-0.4, -0.2) is 17.6 Å². The van der Waals surface area contributed by atoms with Crippen molar-refractivity contribution in [2.75, 3.05) is 6.54 Å². The van der Waals surface area contributed by atoms with E-state index < -0.39 is 11.5 Å². The van der Waals surface area contributed by atoms with Gasteiger partial charge >= 0.3 is 5.97 Å². The second kappa shape index (κ2) is 6.78. The van der Waals surface area contributed by atoms with Gasteiger partial charge in [0.2, 0.25) is 0 Å². The summed E-state index contributed by atoms with van der Waals surface area (Å²) in [6, 6.07) is 16.9. The van der Waals surface area contributed by atoms with Crippen LogP contribution in [-0.2, 0) is 16.8 Å². The summed E-state index contributed by atoms with van der Waals surface area (Å²) in [5.41, 5.74) is 4.54. The second-order valence-corrected chi connectivity index (χ2v) is 6.96. The highest BCUT2D eigenvalue weighted by Gasteiger charge is 2.43. The molecule has 0 saturated carbocycles. The number of aliphatic carboxylic acids is 1. The number of carboxylic acids is 1. The molecule has 2 aromatic rings. The Morgan fingerprint density at radius 3 is 2.50 bits per heavy atom. The second-order valence-electron chi connectivity index (χ2n) is 6.96. The number of benzene rings is 2. The van der Waals surface area contributed by atoms with Gasteiger partial charge in [-0.25, -0.2) is 0 Å². The summed E-state index contributed by atoms with van der Waals surface area (Å²) in [7, 11) is 0. The van der Waals surface area contributed by atoms with Crippen molar-refractivity contribution in [1.82, 2.24) is 5.32 Å². The highest BCUT2D eigenvalue weighted by Crippen LogP contribution is 2.39. The molecule has 1 fully saturated rings. The van der Waals surface area contributed by atoms with Gasteiger partial charge in [-0.3, -0.25) is 4.79 Å². The zero-order valence-corrected chi connectivity index (χ0v) is 14.4. The van der Waals surface area contributed by atoms with Gasteiger partial charge in [0.25, 0.3) is 0 Å². The van der Waals surface area contributed by atoms with Crippen molar-refractivity contribution < 1.29 is 9.90 Å². The van der Waals surface area contributed by atoms with E-state index in [1.54, 1.807) is 0 Å². The first-order valence-corrected chi connectivity index (χ1v) is 8.62. The largest absolute Gasteiger partial charge is 0.481 e. The third-order valence-electron chi connectivity index (χ3n) is 5.41. The molecule has 1 aliphatic rings. The minimum Gasteiger partial charge on any atom is -0.481 e. The molecule has 3 heteroatoms. The number of nitrogens with one attached hydrogen (secondary N) is 1. The van der Waals surface area contributed by atoms with E-state index in [-0.39, 0.29) is 6.42 Å². The van der Waals surface area contributed by atoms with Crippen LogP contribution >= 0.6 is 0 Å². The lowest BCUT2D eigenvalue weighted by atomic mass is 9.77. The number of carbonyl (C=O) groups is 1. The zero-order valence-electron chi connectivity index (χ0n) is 14.4. The molecule has 1 saturated heterocycles. The summed E-state index contributed by atoms with van der Waals surface area (Å²) in [4.78, 5) is 11.4. The fraction of sp³-hybridized carbons (Fsp3) is 0.381. The predicted octanol–water partition coefficient (Wildman–Crippen LogP) is 3.89. The molecule has 2 N–H and O–H groups in total. The van der Waals surface area contributed by atoms with Gasteiger partial charge in [-0.1, -0.05) is 55.5 Å². The monoisotopic (exact) mass is 323 g/mol. The van der Waals surface area contributed by atoms with Crippen LogP contribution in [0.3, 0.4) is 0 Å². The van der Waals surface area contributed by atoms with E-state index in [1.165, 1.54) is 16.7 Å². The van der Waals surface area contributed by atoms with Crippen LogP contribution in [0.2, 0.25) is 0 Å². The molecule has 0 unspecified atom stereocenters. The van der Waals surface area contributed by atoms with Crippen LogP contribution < -0.4 is 5.32 Å². The van der Waals surface area contributed by atoms with Gasteiger partial charge in [0, 0.05) is 0 Å². The molecule has 2 aromatic carbocycles. The van der Waals surface area contributed by atoms with Gasteiger partial charge in [-0.15, -0.1) is 0 Å². The standard InChI is InChI=1S/C21H25NO2/c1-15-5-3-4-6-18(15)13-17-7-9-19(10-8-17)21(14-20(23)24)16(2)11-12-22-21/h3-10,16,22H,11-14H2,1-2H3,(H,23,24)/t16-,21+/m0/s1. The molecule has 0 spiro atoms. The van der Waals surface area contributed by atoms with E-state index >= 15 is 0 Å². The normalized spacial score (nSPS) is 23.3. The lowest BCUT2D eigenvalue weighted by molar-refractivity contribution is -0.139. The Balaban J connectivity index is 1.85. The summed E-state index contributed by atoms with van der Waals surface area (Å²) >= 11 is 0. The molecule has 1 heterocycles. The van der Waals surface area contributed by atoms with Crippen molar-refractivity contribution >= 4 is 5.97 Å². The molecule has 2 atom stereocenters. The van der Waals surface area contributed by atoms with E-state index in [0.717, 1.165) is 24.9 Å². The molecule has 126 valence electrons.